The number of para-hydroxylation sites is 1. The van der Waals surface area contributed by atoms with E-state index >= 15 is 0 Å². The van der Waals surface area contributed by atoms with Crippen molar-refractivity contribution in [3.8, 4) is 0 Å². The van der Waals surface area contributed by atoms with Crippen LogP contribution in [-0.2, 0) is 9.53 Å². The van der Waals surface area contributed by atoms with Gasteiger partial charge in [-0.05, 0) is 17.7 Å². The Morgan fingerprint density at radius 3 is 2.41 bits per heavy atom. The molecule has 1 aliphatic heterocycles. The molecule has 2 aromatic carbocycles. The molecular weight excluding hydrogens is 276 g/mol. The Balaban J connectivity index is 1.91. The monoisotopic (exact) mass is 296 g/mol. The van der Waals surface area contributed by atoms with Crippen LogP contribution in [0.4, 0.5) is 5.69 Å². The molecule has 114 valence electrons. The van der Waals surface area contributed by atoms with Gasteiger partial charge in [-0.1, -0.05) is 48.5 Å². The standard InChI is InChI=1S/C18H20N2O2/c1-20-12-13-22-17(18(20)21)16(14-8-4-2-5-9-14)19-15-10-6-3-7-11-15/h2-11,16-17,19H,12-13H2,1H3/t16-,17+/m1/s1. The second kappa shape index (κ2) is 6.62. The van der Waals surface area contributed by atoms with Crippen LogP contribution in [0, 0.1) is 0 Å². The van der Waals surface area contributed by atoms with Crippen molar-refractivity contribution in [3.05, 3.63) is 66.2 Å². The lowest BCUT2D eigenvalue weighted by Crippen LogP contribution is -2.49. The van der Waals surface area contributed by atoms with Gasteiger partial charge in [0.05, 0.1) is 12.6 Å². The van der Waals surface area contributed by atoms with Gasteiger partial charge in [-0.25, -0.2) is 0 Å². The Kier molecular flexibility index (Phi) is 4.39. The Hall–Kier alpha value is -2.33. The highest BCUT2D eigenvalue weighted by molar-refractivity contribution is 5.83. The van der Waals surface area contributed by atoms with Gasteiger partial charge >= 0.3 is 0 Å². The van der Waals surface area contributed by atoms with E-state index in [9.17, 15) is 4.79 Å². The van der Waals surface area contributed by atoms with Crippen molar-refractivity contribution in [3.63, 3.8) is 0 Å². The van der Waals surface area contributed by atoms with Crippen molar-refractivity contribution < 1.29 is 9.53 Å². The number of carbonyl (C=O) groups is 1. The first-order valence-corrected chi connectivity index (χ1v) is 7.49. The molecule has 0 aromatic heterocycles. The number of likely N-dealkylation sites (N-methyl/N-ethyl adjacent to an activating group) is 1. The number of nitrogens with one attached hydrogen (secondary N) is 1. The minimum atomic E-state index is -0.513. The molecule has 1 fully saturated rings. The van der Waals surface area contributed by atoms with Crippen LogP contribution in [0.2, 0.25) is 0 Å². The van der Waals surface area contributed by atoms with Gasteiger partial charge in [-0.2, -0.15) is 0 Å². The van der Waals surface area contributed by atoms with E-state index in [-0.39, 0.29) is 11.9 Å². The number of benzene rings is 2. The van der Waals surface area contributed by atoms with E-state index in [0.717, 1.165) is 11.3 Å². The molecule has 2 atom stereocenters. The van der Waals surface area contributed by atoms with E-state index in [1.54, 1.807) is 4.90 Å². The Labute approximate surface area is 130 Å². The third kappa shape index (κ3) is 3.12. The Bertz CT molecular complexity index is 615. The molecule has 1 N–H and O–H groups in total. The van der Waals surface area contributed by atoms with Crippen LogP contribution in [0.5, 0.6) is 0 Å². The fourth-order valence-electron chi connectivity index (χ4n) is 2.66. The largest absolute Gasteiger partial charge is 0.375 e. The molecule has 1 aliphatic rings. The average molecular weight is 296 g/mol. The van der Waals surface area contributed by atoms with Gasteiger partial charge in [0.1, 0.15) is 0 Å². The minimum absolute atomic E-state index is 0.0172. The quantitative estimate of drug-likeness (QED) is 0.943. The van der Waals surface area contributed by atoms with Crippen molar-refractivity contribution in [1.29, 1.82) is 0 Å². The van der Waals surface area contributed by atoms with Gasteiger partial charge in [0, 0.05) is 19.3 Å². The van der Waals surface area contributed by atoms with Crippen molar-refractivity contribution in [2.24, 2.45) is 0 Å². The second-order valence-electron chi connectivity index (χ2n) is 5.45. The van der Waals surface area contributed by atoms with Gasteiger partial charge in [-0.15, -0.1) is 0 Å². The highest BCUT2D eigenvalue weighted by Gasteiger charge is 2.35. The van der Waals surface area contributed by atoms with Crippen LogP contribution in [0.1, 0.15) is 11.6 Å². The summed E-state index contributed by atoms with van der Waals surface area (Å²) in [5.74, 6) is 0.0172. The maximum Gasteiger partial charge on any atom is 0.254 e. The zero-order valence-corrected chi connectivity index (χ0v) is 12.6. The number of anilines is 1. The van der Waals surface area contributed by atoms with Crippen molar-refractivity contribution in [2.75, 3.05) is 25.5 Å². The summed E-state index contributed by atoms with van der Waals surface area (Å²) in [5.41, 5.74) is 2.01. The minimum Gasteiger partial charge on any atom is -0.375 e. The lowest BCUT2D eigenvalue weighted by molar-refractivity contribution is -0.152. The number of ether oxygens (including phenoxy) is 1. The maximum atomic E-state index is 12.5. The van der Waals surface area contributed by atoms with Crippen LogP contribution in [-0.4, -0.2) is 37.1 Å². The first-order chi connectivity index (χ1) is 10.8. The Morgan fingerprint density at radius 2 is 1.73 bits per heavy atom. The molecule has 3 rings (SSSR count). The molecule has 0 bridgehead atoms. The number of rotatable bonds is 4. The van der Waals surface area contributed by atoms with E-state index < -0.39 is 6.10 Å². The van der Waals surface area contributed by atoms with E-state index in [1.807, 2.05) is 67.7 Å². The predicted molar refractivity (Wildman–Crippen MR) is 86.6 cm³/mol. The first-order valence-electron chi connectivity index (χ1n) is 7.49. The summed E-state index contributed by atoms with van der Waals surface area (Å²) < 4.78 is 5.80. The zero-order chi connectivity index (χ0) is 15.4. The second-order valence-corrected chi connectivity index (χ2v) is 5.45. The molecule has 0 unspecified atom stereocenters. The molecule has 0 radical (unpaired) electrons. The van der Waals surface area contributed by atoms with Gasteiger partial charge in [0.15, 0.2) is 6.10 Å². The van der Waals surface area contributed by atoms with Crippen molar-refractivity contribution in [2.45, 2.75) is 12.1 Å². The molecule has 4 heteroatoms. The molecule has 22 heavy (non-hydrogen) atoms. The lowest BCUT2D eigenvalue weighted by Gasteiger charge is -2.35. The van der Waals surface area contributed by atoms with Crippen LogP contribution in [0.15, 0.2) is 60.7 Å². The smallest absolute Gasteiger partial charge is 0.254 e. The normalized spacial score (nSPS) is 19.8. The number of hydrogen-bond donors (Lipinski definition) is 1. The highest BCUT2D eigenvalue weighted by atomic mass is 16.5. The summed E-state index contributed by atoms with van der Waals surface area (Å²) in [5, 5.41) is 3.44. The third-order valence-corrected chi connectivity index (χ3v) is 3.90. The van der Waals surface area contributed by atoms with E-state index in [2.05, 4.69) is 5.32 Å². The van der Waals surface area contributed by atoms with Crippen LogP contribution in [0.3, 0.4) is 0 Å². The fraction of sp³-hybridized carbons (Fsp3) is 0.278. The summed E-state index contributed by atoms with van der Waals surface area (Å²) in [6, 6.07) is 19.7. The summed E-state index contributed by atoms with van der Waals surface area (Å²) in [7, 11) is 1.82. The number of amides is 1. The molecule has 2 aromatic rings. The van der Waals surface area contributed by atoms with E-state index in [0.29, 0.717) is 13.2 Å². The number of nitrogens with zero attached hydrogens (tertiary/aromatic N) is 1. The van der Waals surface area contributed by atoms with Crippen LogP contribution < -0.4 is 5.32 Å². The molecule has 4 nitrogen and oxygen atoms in total. The molecule has 1 heterocycles. The summed E-state index contributed by atoms with van der Waals surface area (Å²) in [6.07, 6.45) is -0.513. The molecule has 0 saturated carbocycles. The first kappa shape index (κ1) is 14.6. The van der Waals surface area contributed by atoms with Gasteiger partial charge in [0.25, 0.3) is 5.91 Å². The maximum absolute atomic E-state index is 12.5. The predicted octanol–water partition coefficient (Wildman–Crippen LogP) is 2.70. The zero-order valence-electron chi connectivity index (χ0n) is 12.6. The fourth-order valence-corrected chi connectivity index (χ4v) is 2.66. The number of hydrogen-bond acceptors (Lipinski definition) is 3. The summed E-state index contributed by atoms with van der Waals surface area (Å²) in [6.45, 7) is 1.20. The number of carbonyl (C=O) groups excluding carboxylic acids is 1. The lowest BCUT2D eigenvalue weighted by atomic mass is 9.99. The number of morpholine rings is 1. The van der Waals surface area contributed by atoms with Crippen LogP contribution >= 0.6 is 0 Å². The SMILES string of the molecule is CN1CCO[C@@H]([C@H](Nc2ccccc2)c2ccccc2)C1=O. The molecule has 1 amide bonds. The van der Waals surface area contributed by atoms with Gasteiger partial charge in [0.2, 0.25) is 0 Å². The van der Waals surface area contributed by atoms with Crippen LogP contribution in [0.25, 0.3) is 0 Å². The molecule has 0 aliphatic carbocycles. The van der Waals surface area contributed by atoms with Gasteiger partial charge < -0.3 is 15.0 Å². The summed E-state index contributed by atoms with van der Waals surface area (Å²) in [4.78, 5) is 14.2. The molecular formula is C18H20N2O2. The van der Waals surface area contributed by atoms with Gasteiger partial charge in [-0.3, -0.25) is 4.79 Å². The highest BCUT2D eigenvalue weighted by Crippen LogP contribution is 2.27. The molecule has 0 spiro atoms. The average Bonchev–Trinajstić information content (AvgIpc) is 2.57. The van der Waals surface area contributed by atoms with E-state index in [4.69, 9.17) is 4.74 Å². The summed E-state index contributed by atoms with van der Waals surface area (Å²) >= 11 is 0. The van der Waals surface area contributed by atoms with Crippen molar-refractivity contribution in [1.82, 2.24) is 4.90 Å². The topological polar surface area (TPSA) is 41.6 Å². The van der Waals surface area contributed by atoms with E-state index in [1.165, 1.54) is 0 Å². The molecule has 1 saturated heterocycles. The third-order valence-electron chi connectivity index (χ3n) is 3.90. The Morgan fingerprint density at radius 1 is 1.09 bits per heavy atom. The van der Waals surface area contributed by atoms with Crippen molar-refractivity contribution >= 4 is 11.6 Å².